The Hall–Kier alpha value is -2.11. The molecule has 1 aromatic heterocycles. The zero-order valence-electron chi connectivity index (χ0n) is 14.1. The van der Waals surface area contributed by atoms with Crippen molar-refractivity contribution in [3.05, 3.63) is 65.2 Å². The van der Waals surface area contributed by atoms with Crippen molar-refractivity contribution in [1.82, 2.24) is 0 Å². The van der Waals surface area contributed by atoms with E-state index in [9.17, 15) is 34.9 Å². The molecule has 2 aromatic rings. The first-order valence-electron chi connectivity index (χ1n) is 7.63. The molecule has 0 unspecified atom stereocenters. The summed E-state index contributed by atoms with van der Waals surface area (Å²) in [6.45, 7) is 1.78. The number of aromatic nitrogens is 1. The van der Waals surface area contributed by atoms with E-state index in [1.807, 2.05) is 6.07 Å². The lowest BCUT2D eigenvalue weighted by atomic mass is 10.2. The fourth-order valence-electron chi connectivity index (χ4n) is 1.83. The zero-order chi connectivity index (χ0) is 20.6. The van der Waals surface area contributed by atoms with E-state index in [0.29, 0.717) is 0 Å². The van der Waals surface area contributed by atoms with Gasteiger partial charge in [-0.05, 0) is 0 Å². The molecule has 0 fully saturated rings. The number of unbranched alkanes of at least 4 members (excludes halogenated alkanes) is 1. The van der Waals surface area contributed by atoms with Gasteiger partial charge in [0.2, 0.25) is 16.2 Å². The van der Waals surface area contributed by atoms with E-state index in [-0.39, 0.29) is 0 Å². The molecule has 0 N–H and O–H groups in total. The predicted octanol–water partition coefficient (Wildman–Crippen LogP) is 3.13. The largest absolute Gasteiger partial charge is 0.726 e. The number of pyridine rings is 1. The summed E-state index contributed by atoms with van der Waals surface area (Å²) >= 11 is 0. The first-order chi connectivity index (χ1) is 12.6. The van der Waals surface area contributed by atoms with Gasteiger partial charge in [0.05, 0.1) is 12.2 Å². The lowest BCUT2D eigenvalue weighted by molar-refractivity contribution is -0.697. The molecule has 11 heteroatoms. The Balaban J connectivity index is 0.000000309. The van der Waals surface area contributed by atoms with Gasteiger partial charge in [0.15, 0.2) is 35.7 Å². The van der Waals surface area contributed by atoms with Crippen LogP contribution in [0, 0.1) is 29.1 Å². The van der Waals surface area contributed by atoms with Crippen molar-refractivity contribution in [2.75, 3.05) is 0 Å². The highest BCUT2D eigenvalue weighted by atomic mass is 32.3. The molecule has 0 saturated carbocycles. The van der Waals surface area contributed by atoms with Crippen LogP contribution in [-0.2, 0) is 27.7 Å². The maximum Gasteiger partial charge on any atom is 0.217 e. The molecule has 0 spiro atoms. The summed E-state index contributed by atoms with van der Waals surface area (Å²) in [4.78, 5) is 0. The number of rotatable bonds is 6. The Bertz CT molecular complexity index is 834. The van der Waals surface area contributed by atoms with Gasteiger partial charge in [0.1, 0.15) is 6.54 Å². The molecule has 27 heavy (non-hydrogen) atoms. The Morgan fingerprint density at radius 3 is 1.85 bits per heavy atom. The number of nitrogens with zero attached hydrogens (tertiary/aromatic N) is 1. The van der Waals surface area contributed by atoms with Crippen LogP contribution < -0.4 is 4.57 Å². The van der Waals surface area contributed by atoms with Gasteiger partial charge in [-0.25, -0.2) is 34.9 Å². The second-order valence-electron chi connectivity index (χ2n) is 5.19. The average molecular weight is 413 g/mol. The molecule has 150 valence electrons. The summed E-state index contributed by atoms with van der Waals surface area (Å²) in [6, 6.07) is 6.17. The molecule has 1 heterocycles. The van der Waals surface area contributed by atoms with Crippen LogP contribution in [-0.4, -0.2) is 13.0 Å². The first kappa shape index (κ1) is 22.9. The Morgan fingerprint density at radius 1 is 0.926 bits per heavy atom. The molecule has 0 aliphatic carbocycles. The fraction of sp³-hybridized carbons (Fsp3) is 0.312. The number of hydrogen-bond acceptors (Lipinski definition) is 4. The highest BCUT2D eigenvalue weighted by molar-refractivity contribution is 7.80. The highest BCUT2D eigenvalue weighted by Crippen LogP contribution is 2.23. The van der Waals surface area contributed by atoms with E-state index in [0.717, 1.165) is 6.54 Å². The van der Waals surface area contributed by atoms with Crippen LogP contribution in [0.15, 0.2) is 30.6 Å². The molecule has 5 nitrogen and oxygen atoms in total. The highest BCUT2D eigenvalue weighted by Gasteiger charge is 2.25. The van der Waals surface area contributed by atoms with Gasteiger partial charge in [-0.3, -0.25) is 4.18 Å². The van der Waals surface area contributed by atoms with Gasteiger partial charge < -0.3 is 4.55 Å². The molecule has 0 saturated heterocycles. The van der Waals surface area contributed by atoms with E-state index in [2.05, 4.69) is 40.2 Å². The summed E-state index contributed by atoms with van der Waals surface area (Å²) < 4.78 is 99.0. The molecule has 1 aromatic carbocycles. The molecule has 0 aliphatic heterocycles. The van der Waals surface area contributed by atoms with Crippen molar-refractivity contribution >= 4 is 10.4 Å². The smallest absolute Gasteiger partial charge is 0.217 e. The molecular formula is C16H16F5NO4S. The molecule has 0 atom stereocenters. The van der Waals surface area contributed by atoms with Crippen LogP contribution in [0.4, 0.5) is 22.0 Å². The Morgan fingerprint density at radius 2 is 1.41 bits per heavy atom. The van der Waals surface area contributed by atoms with E-state index < -0.39 is 51.7 Å². The predicted molar refractivity (Wildman–Crippen MR) is 82.3 cm³/mol. The summed E-state index contributed by atoms with van der Waals surface area (Å²) in [5.74, 6) is -11.4. The maximum absolute atomic E-state index is 12.9. The standard InChI is InChI=1S/C9H14N.C7H3F5O4S/c1-2-3-7-10-8-5-4-6-9-10;8-3-2(1-16-17(13,14)15)4(9)6(11)7(12)5(3)10/h4-6,8-9H,2-3,7H2,1H3;1H2,(H,13,14,15)/q+1;/p-1. The monoisotopic (exact) mass is 413 g/mol. The zero-order valence-corrected chi connectivity index (χ0v) is 14.9. The molecule has 0 amide bonds. The van der Waals surface area contributed by atoms with Gasteiger partial charge in [0, 0.05) is 18.6 Å². The molecule has 0 aliphatic rings. The van der Waals surface area contributed by atoms with Crippen LogP contribution in [0.5, 0.6) is 0 Å². The lowest BCUT2D eigenvalue weighted by Gasteiger charge is -2.10. The lowest BCUT2D eigenvalue weighted by Crippen LogP contribution is -2.31. The topological polar surface area (TPSA) is 70.3 Å². The number of aryl methyl sites for hydroxylation is 1. The summed E-state index contributed by atoms with van der Waals surface area (Å²) in [5.41, 5.74) is -1.54. The third kappa shape index (κ3) is 7.19. The number of hydrogen-bond donors (Lipinski definition) is 0. The van der Waals surface area contributed by atoms with Crippen molar-refractivity contribution < 1.29 is 43.7 Å². The van der Waals surface area contributed by atoms with Gasteiger partial charge in [-0.1, -0.05) is 19.4 Å². The van der Waals surface area contributed by atoms with Gasteiger partial charge in [-0.15, -0.1) is 0 Å². The minimum Gasteiger partial charge on any atom is -0.726 e. The molecule has 0 bridgehead atoms. The van der Waals surface area contributed by atoms with Gasteiger partial charge in [-0.2, -0.15) is 0 Å². The maximum atomic E-state index is 12.9. The van der Waals surface area contributed by atoms with Crippen molar-refractivity contribution in [1.29, 1.82) is 0 Å². The van der Waals surface area contributed by atoms with Crippen molar-refractivity contribution in [3.63, 3.8) is 0 Å². The van der Waals surface area contributed by atoms with Crippen LogP contribution in [0.3, 0.4) is 0 Å². The minimum absolute atomic E-state index is 1.15. The van der Waals surface area contributed by atoms with Gasteiger partial charge >= 0.3 is 0 Å². The third-order valence-electron chi connectivity index (χ3n) is 3.20. The fourth-order valence-corrected chi connectivity index (χ4v) is 2.09. The average Bonchev–Trinajstić information content (AvgIpc) is 2.63. The number of benzene rings is 1. The molecule has 2 rings (SSSR count). The number of halogens is 5. The van der Waals surface area contributed by atoms with Crippen LogP contribution >= 0.6 is 0 Å². The van der Waals surface area contributed by atoms with Crippen LogP contribution in [0.25, 0.3) is 0 Å². The summed E-state index contributed by atoms with van der Waals surface area (Å²) in [7, 11) is -5.31. The van der Waals surface area contributed by atoms with Crippen LogP contribution in [0.1, 0.15) is 25.3 Å². The Labute approximate surface area is 153 Å². The normalized spacial score (nSPS) is 11.1. The van der Waals surface area contributed by atoms with Crippen molar-refractivity contribution in [2.45, 2.75) is 32.9 Å². The van der Waals surface area contributed by atoms with Crippen LogP contribution in [0.2, 0.25) is 0 Å². The van der Waals surface area contributed by atoms with E-state index >= 15 is 0 Å². The van der Waals surface area contributed by atoms with E-state index in [4.69, 9.17) is 0 Å². The quantitative estimate of drug-likeness (QED) is 0.182. The Kier molecular flexibility index (Phi) is 8.73. The van der Waals surface area contributed by atoms with E-state index in [1.165, 1.54) is 12.8 Å². The summed E-state index contributed by atoms with van der Waals surface area (Å²) in [6.07, 6.45) is 6.75. The van der Waals surface area contributed by atoms with Gasteiger partial charge in [0.25, 0.3) is 0 Å². The second-order valence-corrected chi connectivity index (χ2v) is 6.24. The van der Waals surface area contributed by atoms with Crippen molar-refractivity contribution in [2.24, 2.45) is 0 Å². The molecule has 0 radical (unpaired) electrons. The third-order valence-corrected chi connectivity index (χ3v) is 3.60. The first-order valence-corrected chi connectivity index (χ1v) is 8.96. The SMILES string of the molecule is CCCC[n+]1ccccc1.O=S(=O)([O-])OCc1c(F)c(F)c(F)c(F)c1F. The van der Waals surface area contributed by atoms with Crippen molar-refractivity contribution in [3.8, 4) is 0 Å². The second kappa shape index (κ2) is 10.3. The molecular weight excluding hydrogens is 397 g/mol. The van der Waals surface area contributed by atoms with E-state index in [1.54, 1.807) is 0 Å². The minimum atomic E-state index is -5.31. The summed E-state index contributed by atoms with van der Waals surface area (Å²) in [5, 5.41) is 0.